The van der Waals surface area contributed by atoms with Crippen LogP contribution in [0, 0.1) is 23.7 Å². The first-order chi connectivity index (χ1) is 12.7. The van der Waals surface area contributed by atoms with E-state index >= 15 is 0 Å². The Balaban J connectivity index is 1.48. The van der Waals surface area contributed by atoms with E-state index in [0.717, 1.165) is 45.1 Å². The molecule has 0 aromatic rings. The second-order valence-corrected chi connectivity index (χ2v) is 10.2. The molecule has 5 aliphatic rings. The van der Waals surface area contributed by atoms with Crippen LogP contribution in [0.15, 0.2) is 12.2 Å². The molecule has 27 heavy (non-hydrogen) atoms. The molecule has 0 amide bonds. The molecule has 5 fully saturated rings. The third-order valence-corrected chi connectivity index (χ3v) is 7.76. The summed E-state index contributed by atoms with van der Waals surface area (Å²) in [5.74, 6) is 2.08. The van der Waals surface area contributed by atoms with Gasteiger partial charge in [-0.25, -0.2) is 4.79 Å². The molecule has 6 unspecified atom stereocenters. The van der Waals surface area contributed by atoms with Crippen molar-refractivity contribution >= 4 is 5.97 Å². The molecular weight excluding hydrogens is 340 g/mol. The Bertz CT molecular complexity index is 597. The highest BCUT2D eigenvalue weighted by molar-refractivity contribution is 5.87. The van der Waals surface area contributed by atoms with Crippen LogP contribution in [-0.2, 0) is 19.0 Å². The van der Waals surface area contributed by atoms with Crippen LogP contribution in [0.4, 0.5) is 0 Å². The fourth-order valence-electron chi connectivity index (χ4n) is 6.66. The van der Waals surface area contributed by atoms with Crippen molar-refractivity contribution in [2.45, 2.75) is 96.1 Å². The van der Waals surface area contributed by atoms with Gasteiger partial charge in [0.2, 0.25) is 0 Å². The van der Waals surface area contributed by atoms with Gasteiger partial charge in [0.15, 0.2) is 0 Å². The Hall–Kier alpha value is -0.870. The number of ether oxygens (including phenoxy) is 3. The van der Waals surface area contributed by atoms with Crippen LogP contribution in [0.3, 0.4) is 0 Å². The van der Waals surface area contributed by atoms with Gasteiger partial charge in [0.1, 0.15) is 5.60 Å². The molecule has 0 aromatic heterocycles. The lowest BCUT2D eigenvalue weighted by Gasteiger charge is -2.61. The van der Waals surface area contributed by atoms with E-state index < -0.39 is 0 Å². The minimum absolute atomic E-state index is 0.117. The van der Waals surface area contributed by atoms with Crippen molar-refractivity contribution in [3.05, 3.63) is 12.2 Å². The maximum absolute atomic E-state index is 12.3. The average Bonchev–Trinajstić information content (AvgIpc) is 2.50. The van der Waals surface area contributed by atoms with Crippen molar-refractivity contribution in [3.63, 3.8) is 0 Å². The molecule has 1 saturated heterocycles. The van der Waals surface area contributed by atoms with Gasteiger partial charge in [0, 0.05) is 17.9 Å². The summed E-state index contributed by atoms with van der Waals surface area (Å²) in [5, 5.41) is 0. The van der Waals surface area contributed by atoms with Crippen molar-refractivity contribution in [2.75, 3.05) is 6.61 Å². The number of carbonyl (C=O) groups excluding carboxylic acids is 1. The lowest BCUT2D eigenvalue weighted by molar-refractivity contribution is -0.268. The summed E-state index contributed by atoms with van der Waals surface area (Å²) in [6.45, 7) is 13.1. The largest absolute Gasteiger partial charge is 0.456 e. The molecule has 4 heteroatoms. The van der Waals surface area contributed by atoms with Gasteiger partial charge in [-0.3, -0.25) is 0 Å². The predicted molar refractivity (Wildman–Crippen MR) is 104 cm³/mol. The zero-order valence-electron chi connectivity index (χ0n) is 17.5. The monoisotopic (exact) mass is 376 g/mol. The Kier molecular flexibility index (Phi) is 4.95. The first kappa shape index (κ1) is 19.4. The summed E-state index contributed by atoms with van der Waals surface area (Å²) >= 11 is 0. The van der Waals surface area contributed by atoms with Crippen molar-refractivity contribution in [1.82, 2.24) is 0 Å². The maximum Gasteiger partial charge on any atom is 0.333 e. The van der Waals surface area contributed by atoms with Crippen molar-refractivity contribution < 1.29 is 19.0 Å². The molecule has 0 spiro atoms. The standard InChI is InChI=1S/C23H36O4/c1-6-15(4)20-19(12-25-20)16(5)26-22-8-17-7-18(9-22)11-23(10-17,13-22)27-21(24)14(2)3/h15-20H,2,6-13H2,1,3-5H3. The molecule has 5 rings (SSSR count). The first-order valence-corrected chi connectivity index (χ1v) is 10.9. The SMILES string of the molecule is C=C(C)C(=O)OC12CC3CC(C1)CC(OC(C)C1COC1C(C)CC)(C3)C2. The summed E-state index contributed by atoms with van der Waals surface area (Å²) in [4.78, 5) is 12.3. The summed E-state index contributed by atoms with van der Waals surface area (Å²) in [5.41, 5.74) is 0.0534. The summed E-state index contributed by atoms with van der Waals surface area (Å²) < 4.78 is 18.8. The Morgan fingerprint density at radius 2 is 1.81 bits per heavy atom. The minimum atomic E-state index is -0.327. The third-order valence-electron chi connectivity index (χ3n) is 7.76. The van der Waals surface area contributed by atoms with Crippen LogP contribution >= 0.6 is 0 Å². The molecule has 4 aliphatic carbocycles. The zero-order valence-corrected chi connectivity index (χ0v) is 17.5. The number of rotatable bonds is 7. The van der Waals surface area contributed by atoms with Crippen LogP contribution < -0.4 is 0 Å². The van der Waals surface area contributed by atoms with Crippen LogP contribution in [0.2, 0.25) is 0 Å². The van der Waals surface area contributed by atoms with Crippen molar-refractivity contribution in [1.29, 1.82) is 0 Å². The molecule has 1 heterocycles. The van der Waals surface area contributed by atoms with Crippen LogP contribution in [0.25, 0.3) is 0 Å². The van der Waals surface area contributed by atoms with Gasteiger partial charge in [-0.15, -0.1) is 0 Å². The smallest absolute Gasteiger partial charge is 0.333 e. The third kappa shape index (κ3) is 3.48. The first-order valence-electron chi connectivity index (χ1n) is 10.9. The maximum atomic E-state index is 12.3. The minimum Gasteiger partial charge on any atom is -0.456 e. The number of esters is 1. The normalized spacial score (nSPS) is 44.4. The van der Waals surface area contributed by atoms with E-state index in [1.54, 1.807) is 6.92 Å². The molecule has 4 saturated carbocycles. The molecule has 0 N–H and O–H groups in total. The summed E-state index contributed by atoms with van der Waals surface area (Å²) in [6.07, 6.45) is 8.06. The van der Waals surface area contributed by atoms with Gasteiger partial charge in [-0.1, -0.05) is 26.8 Å². The fourth-order valence-corrected chi connectivity index (χ4v) is 6.66. The highest BCUT2D eigenvalue weighted by Crippen LogP contribution is 2.60. The van der Waals surface area contributed by atoms with E-state index in [1.165, 1.54) is 6.42 Å². The van der Waals surface area contributed by atoms with Crippen molar-refractivity contribution in [2.24, 2.45) is 23.7 Å². The van der Waals surface area contributed by atoms with E-state index in [0.29, 0.717) is 35.3 Å². The van der Waals surface area contributed by atoms with E-state index in [4.69, 9.17) is 14.2 Å². The topological polar surface area (TPSA) is 44.8 Å². The highest BCUT2D eigenvalue weighted by atomic mass is 16.6. The Morgan fingerprint density at radius 3 is 2.33 bits per heavy atom. The van der Waals surface area contributed by atoms with Gasteiger partial charge in [0.05, 0.1) is 24.4 Å². The van der Waals surface area contributed by atoms with E-state index in [1.807, 2.05) is 0 Å². The van der Waals surface area contributed by atoms with Crippen LogP contribution in [0.1, 0.15) is 72.6 Å². The lowest BCUT2D eigenvalue weighted by Crippen LogP contribution is -2.63. The molecule has 152 valence electrons. The molecular formula is C23H36O4. The van der Waals surface area contributed by atoms with Gasteiger partial charge in [-0.05, 0) is 63.7 Å². The van der Waals surface area contributed by atoms with Crippen molar-refractivity contribution in [3.8, 4) is 0 Å². The number of carbonyl (C=O) groups is 1. The molecule has 6 atom stereocenters. The average molecular weight is 377 g/mol. The second kappa shape index (κ2) is 6.88. The molecule has 1 aliphatic heterocycles. The quantitative estimate of drug-likeness (QED) is 0.479. The van der Waals surface area contributed by atoms with Gasteiger partial charge in [-0.2, -0.15) is 0 Å². The van der Waals surface area contributed by atoms with E-state index in [9.17, 15) is 4.79 Å². The number of hydrogen-bond acceptors (Lipinski definition) is 4. The molecule has 0 aromatic carbocycles. The van der Waals surface area contributed by atoms with Crippen LogP contribution in [-0.4, -0.2) is 36.0 Å². The van der Waals surface area contributed by atoms with Gasteiger partial charge in [0.25, 0.3) is 0 Å². The number of hydrogen-bond donors (Lipinski definition) is 0. The molecule has 4 nitrogen and oxygen atoms in total. The highest BCUT2D eigenvalue weighted by Gasteiger charge is 2.61. The van der Waals surface area contributed by atoms with E-state index in [-0.39, 0.29) is 23.3 Å². The summed E-state index contributed by atoms with van der Waals surface area (Å²) in [7, 11) is 0. The Labute approximate surface area is 164 Å². The Morgan fingerprint density at radius 1 is 1.19 bits per heavy atom. The van der Waals surface area contributed by atoms with E-state index in [2.05, 4.69) is 27.4 Å². The lowest BCUT2D eigenvalue weighted by atomic mass is 9.52. The summed E-state index contributed by atoms with van der Waals surface area (Å²) in [6, 6.07) is 0. The van der Waals surface area contributed by atoms with Crippen LogP contribution in [0.5, 0.6) is 0 Å². The van der Waals surface area contributed by atoms with Gasteiger partial charge < -0.3 is 14.2 Å². The zero-order chi connectivity index (χ0) is 19.4. The molecule has 0 radical (unpaired) electrons. The fraction of sp³-hybridized carbons (Fsp3) is 0.870. The second-order valence-electron chi connectivity index (χ2n) is 10.2. The molecule has 4 bridgehead atoms. The van der Waals surface area contributed by atoms with Gasteiger partial charge >= 0.3 is 5.97 Å². The predicted octanol–water partition coefficient (Wildman–Crippen LogP) is 4.66.